The Morgan fingerprint density at radius 2 is 2.18 bits per heavy atom. The van der Waals surface area contributed by atoms with E-state index in [1.54, 1.807) is 12.5 Å². The van der Waals surface area contributed by atoms with Gasteiger partial charge in [-0.3, -0.25) is 0 Å². The van der Waals surface area contributed by atoms with Gasteiger partial charge in [0.25, 0.3) is 0 Å². The van der Waals surface area contributed by atoms with Crippen molar-refractivity contribution in [3.8, 4) is 11.3 Å². The van der Waals surface area contributed by atoms with Gasteiger partial charge in [-0.2, -0.15) is 0 Å². The molecule has 0 aliphatic rings. The summed E-state index contributed by atoms with van der Waals surface area (Å²) in [4.78, 5) is 4.04. The molecule has 0 N–H and O–H groups in total. The molecule has 0 saturated heterocycles. The highest BCUT2D eigenvalue weighted by molar-refractivity contribution is 5.58. The van der Waals surface area contributed by atoms with Gasteiger partial charge in [0.05, 0.1) is 12.6 Å². The van der Waals surface area contributed by atoms with E-state index in [-0.39, 0.29) is 0 Å². The highest BCUT2D eigenvalue weighted by atomic mass is 16.3. The number of furan rings is 1. The van der Waals surface area contributed by atoms with Crippen molar-refractivity contribution in [2.45, 2.75) is 6.54 Å². The van der Waals surface area contributed by atoms with Crippen molar-refractivity contribution in [2.24, 2.45) is 0 Å². The van der Waals surface area contributed by atoms with Gasteiger partial charge in [0, 0.05) is 24.5 Å². The van der Waals surface area contributed by atoms with Crippen molar-refractivity contribution >= 4 is 0 Å². The summed E-state index contributed by atoms with van der Waals surface area (Å²) < 4.78 is 7.43. The van der Waals surface area contributed by atoms with E-state index in [0.717, 1.165) is 17.9 Å². The van der Waals surface area contributed by atoms with Crippen molar-refractivity contribution in [2.75, 3.05) is 0 Å². The molecule has 0 bridgehead atoms. The molecule has 3 nitrogen and oxygen atoms in total. The first-order valence-electron chi connectivity index (χ1n) is 5.50. The first-order valence-corrected chi connectivity index (χ1v) is 5.50. The van der Waals surface area contributed by atoms with Crippen LogP contribution in [0.25, 0.3) is 11.3 Å². The van der Waals surface area contributed by atoms with Gasteiger partial charge in [-0.1, -0.05) is 18.2 Å². The van der Waals surface area contributed by atoms with E-state index < -0.39 is 0 Å². The highest BCUT2D eigenvalue weighted by Gasteiger charge is 2.01. The van der Waals surface area contributed by atoms with Crippen LogP contribution in [0.3, 0.4) is 0 Å². The second kappa shape index (κ2) is 4.29. The number of hydrogen-bond donors (Lipinski definition) is 0. The van der Waals surface area contributed by atoms with Gasteiger partial charge in [-0.05, 0) is 23.8 Å². The molecule has 84 valence electrons. The van der Waals surface area contributed by atoms with Crippen LogP contribution in [0.15, 0.2) is 65.8 Å². The largest absolute Gasteiger partial charge is 0.464 e. The lowest BCUT2D eigenvalue weighted by atomic mass is 10.1. The summed E-state index contributed by atoms with van der Waals surface area (Å²) in [5, 5.41) is 0. The molecule has 0 atom stereocenters. The van der Waals surface area contributed by atoms with Crippen molar-refractivity contribution in [1.29, 1.82) is 0 Å². The van der Waals surface area contributed by atoms with E-state index >= 15 is 0 Å². The lowest BCUT2D eigenvalue weighted by Gasteiger charge is -2.04. The fourth-order valence-corrected chi connectivity index (χ4v) is 1.86. The second-order valence-corrected chi connectivity index (χ2v) is 3.91. The van der Waals surface area contributed by atoms with Crippen LogP contribution in [0.1, 0.15) is 5.56 Å². The molecule has 3 heteroatoms. The van der Waals surface area contributed by atoms with E-state index in [2.05, 4.69) is 23.2 Å². The first-order chi connectivity index (χ1) is 8.42. The van der Waals surface area contributed by atoms with Gasteiger partial charge in [0.15, 0.2) is 0 Å². The van der Waals surface area contributed by atoms with Crippen LogP contribution in [0.2, 0.25) is 0 Å². The van der Waals surface area contributed by atoms with Gasteiger partial charge in [-0.15, -0.1) is 0 Å². The monoisotopic (exact) mass is 224 g/mol. The van der Waals surface area contributed by atoms with E-state index in [0.29, 0.717) is 0 Å². The molecule has 0 fully saturated rings. The second-order valence-electron chi connectivity index (χ2n) is 3.91. The SMILES string of the molecule is c1cc(Cn2ccnc2)cc(-c2ccco2)c1. The van der Waals surface area contributed by atoms with Crippen molar-refractivity contribution in [1.82, 2.24) is 9.55 Å². The Hall–Kier alpha value is -2.29. The summed E-state index contributed by atoms with van der Waals surface area (Å²) in [6, 6.07) is 12.2. The Morgan fingerprint density at radius 3 is 2.94 bits per heavy atom. The third kappa shape index (κ3) is 2.13. The average molecular weight is 224 g/mol. The van der Waals surface area contributed by atoms with E-state index in [1.807, 2.05) is 35.3 Å². The van der Waals surface area contributed by atoms with Crippen molar-refractivity contribution < 1.29 is 4.42 Å². The topological polar surface area (TPSA) is 31.0 Å². The first kappa shape index (κ1) is 9.90. The van der Waals surface area contributed by atoms with Gasteiger partial charge in [0.1, 0.15) is 5.76 Å². The van der Waals surface area contributed by atoms with Crippen LogP contribution < -0.4 is 0 Å². The van der Waals surface area contributed by atoms with Crippen LogP contribution >= 0.6 is 0 Å². The zero-order valence-electron chi connectivity index (χ0n) is 9.28. The van der Waals surface area contributed by atoms with Crippen LogP contribution in [0.5, 0.6) is 0 Å². The molecule has 3 aromatic rings. The van der Waals surface area contributed by atoms with Crippen LogP contribution in [-0.2, 0) is 6.54 Å². The van der Waals surface area contributed by atoms with Crippen molar-refractivity contribution in [3.63, 3.8) is 0 Å². The minimum atomic E-state index is 0.828. The molecule has 0 aliphatic heterocycles. The number of benzene rings is 1. The maximum atomic E-state index is 5.39. The zero-order valence-corrected chi connectivity index (χ0v) is 9.28. The number of hydrogen-bond acceptors (Lipinski definition) is 2. The van der Waals surface area contributed by atoms with Gasteiger partial charge in [0.2, 0.25) is 0 Å². The Labute approximate surface area is 99.3 Å². The minimum Gasteiger partial charge on any atom is -0.464 e. The molecule has 1 aromatic carbocycles. The quantitative estimate of drug-likeness (QED) is 0.684. The molecule has 2 aromatic heterocycles. The van der Waals surface area contributed by atoms with Crippen LogP contribution in [0, 0.1) is 0 Å². The molecule has 17 heavy (non-hydrogen) atoms. The Morgan fingerprint density at radius 1 is 1.18 bits per heavy atom. The van der Waals surface area contributed by atoms with Crippen molar-refractivity contribution in [3.05, 3.63) is 66.9 Å². The normalized spacial score (nSPS) is 10.6. The third-order valence-corrected chi connectivity index (χ3v) is 2.66. The molecule has 0 spiro atoms. The number of imidazole rings is 1. The van der Waals surface area contributed by atoms with E-state index in [9.17, 15) is 0 Å². The Balaban J connectivity index is 1.89. The minimum absolute atomic E-state index is 0.828. The summed E-state index contributed by atoms with van der Waals surface area (Å²) in [5.41, 5.74) is 2.34. The molecule has 0 amide bonds. The smallest absolute Gasteiger partial charge is 0.133 e. The van der Waals surface area contributed by atoms with E-state index in [1.165, 1.54) is 5.56 Å². The molecular weight excluding hydrogens is 212 g/mol. The van der Waals surface area contributed by atoms with Gasteiger partial charge in [-0.25, -0.2) is 4.98 Å². The zero-order chi connectivity index (χ0) is 11.5. The number of nitrogens with zero attached hydrogens (tertiary/aromatic N) is 2. The molecule has 0 saturated carbocycles. The lowest BCUT2D eigenvalue weighted by Crippen LogP contribution is -1.96. The predicted molar refractivity (Wildman–Crippen MR) is 65.5 cm³/mol. The molecule has 0 radical (unpaired) electrons. The fraction of sp³-hybridized carbons (Fsp3) is 0.0714. The van der Waals surface area contributed by atoms with Crippen LogP contribution in [-0.4, -0.2) is 9.55 Å². The maximum Gasteiger partial charge on any atom is 0.133 e. The van der Waals surface area contributed by atoms with E-state index in [4.69, 9.17) is 4.42 Å². The van der Waals surface area contributed by atoms with Gasteiger partial charge >= 0.3 is 0 Å². The molecule has 2 heterocycles. The molecular formula is C14H12N2O. The van der Waals surface area contributed by atoms with Crippen LogP contribution in [0.4, 0.5) is 0 Å². The maximum absolute atomic E-state index is 5.39. The number of aromatic nitrogens is 2. The lowest BCUT2D eigenvalue weighted by molar-refractivity contribution is 0.582. The summed E-state index contributed by atoms with van der Waals surface area (Å²) in [7, 11) is 0. The Bertz CT molecular complexity index is 582. The summed E-state index contributed by atoms with van der Waals surface area (Å²) in [5.74, 6) is 0.900. The summed E-state index contributed by atoms with van der Waals surface area (Å²) in [6.45, 7) is 0.828. The third-order valence-electron chi connectivity index (χ3n) is 2.66. The highest BCUT2D eigenvalue weighted by Crippen LogP contribution is 2.21. The van der Waals surface area contributed by atoms with Gasteiger partial charge < -0.3 is 8.98 Å². The number of rotatable bonds is 3. The molecule has 0 aliphatic carbocycles. The summed E-state index contributed by atoms with van der Waals surface area (Å²) in [6.07, 6.45) is 7.26. The molecule has 0 unspecified atom stereocenters. The Kier molecular flexibility index (Phi) is 2.50. The average Bonchev–Trinajstić information content (AvgIpc) is 3.01. The predicted octanol–water partition coefficient (Wildman–Crippen LogP) is 3.19. The fourth-order valence-electron chi connectivity index (χ4n) is 1.86. The molecule has 3 rings (SSSR count). The summed E-state index contributed by atoms with van der Waals surface area (Å²) >= 11 is 0. The standard InChI is InChI=1S/C14H12N2O/c1-3-12(10-16-7-6-15-11-16)9-13(4-1)14-5-2-8-17-14/h1-9,11H,10H2.